The lowest BCUT2D eigenvalue weighted by atomic mass is 9.96. The maximum Gasteiger partial charge on any atom is 0.229 e. The van der Waals surface area contributed by atoms with Crippen LogP contribution < -0.4 is 10.6 Å². The summed E-state index contributed by atoms with van der Waals surface area (Å²) in [4.78, 5) is 14.2. The predicted molar refractivity (Wildman–Crippen MR) is 147 cm³/mol. The van der Waals surface area contributed by atoms with Gasteiger partial charge in [-0.3, -0.25) is 0 Å². The Morgan fingerprint density at radius 2 is 1.86 bits per heavy atom. The number of rotatable bonds is 12. The van der Waals surface area contributed by atoms with Crippen LogP contribution in [0.25, 0.3) is 0 Å². The van der Waals surface area contributed by atoms with Crippen LogP contribution in [0.4, 0.5) is 17.5 Å². The summed E-state index contributed by atoms with van der Waals surface area (Å²) in [6, 6.07) is 8.68. The highest BCUT2D eigenvalue weighted by atomic mass is 15.2. The highest BCUT2D eigenvalue weighted by molar-refractivity contribution is 5.57. The first-order chi connectivity index (χ1) is 17.1. The first-order valence-corrected chi connectivity index (χ1v) is 13.7. The van der Waals surface area contributed by atoms with Gasteiger partial charge in [0.15, 0.2) is 0 Å². The van der Waals surface area contributed by atoms with Gasteiger partial charge in [0.25, 0.3) is 0 Å². The molecule has 0 unspecified atom stereocenters. The maximum atomic E-state index is 4.72. The van der Waals surface area contributed by atoms with Crippen molar-refractivity contribution in [2.45, 2.75) is 65.2 Å². The minimum Gasteiger partial charge on any atom is -0.376 e. The van der Waals surface area contributed by atoms with Gasteiger partial charge in [0, 0.05) is 37.2 Å². The van der Waals surface area contributed by atoms with E-state index in [0.29, 0.717) is 11.9 Å². The van der Waals surface area contributed by atoms with Gasteiger partial charge in [0.2, 0.25) is 5.95 Å². The molecule has 2 saturated heterocycles. The molecule has 6 nitrogen and oxygen atoms in total. The molecule has 2 aromatic rings. The average Bonchev–Trinajstić information content (AvgIpc) is 3.40. The Bertz CT molecular complexity index is 944. The zero-order valence-electron chi connectivity index (χ0n) is 21.9. The lowest BCUT2D eigenvalue weighted by Gasteiger charge is -2.33. The predicted octanol–water partition coefficient (Wildman–Crippen LogP) is 5.86. The van der Waals surface area contributed by atoms with Crippen LogP contribution in [-0.4, -0.2) is 59.0 Å². The van der Waals surface area contributed by atoms with Gasteiger partial charge in [0.1, 0.15) is 5.82 Å². The highest BCUT2D eigenvalue weighted by Gasteiger charge is 2.18. The molecule has 2 aliphatic rings. The number of nitrogens with one attached hydrogen (secondary N) is 2. The van der Waals surface area contributed by atoms with Crippen LogP contribution in [-0.2, 0) is 12.8 Å². The summed E-state index contributed by atoms with van der Waals surface area (Å²) >= 11 is 0. The number of hydrogen-bond donors (Lipinski definition) is 2. The molecule has 0 radical (unpaired) electrons. The molecule has 0 amide bonds. The molecule has 1 aromatic heterocycles. The van der Waals surface area contributed by atoms with Crippen molar-refractivity contribution in [3.05, 3.63) is 53.9 Å². The molecular weight excluding hydrogens is 432 g/mol. The zero-order valence-corrected chi connectivity index (χ0v) is 21.9. The van der Waals surface area contributed by atoms with E-state index < -0.39 is 0 Å². The lowest BCUT2D eigenvalue weighted by Crippen LogP contribution is -2.34. The van der Waals surface area contributed by atoms with Crippen molar-refractivity contribution in [2.75, 3.05) is 49.9 Å². The summed E-state index contributed by atoms with van der Waals surface area (Å²) in [5.41, 5.74) is 5.15. The molecule has 0 bridgehead atoms. The summed E-state index contributed by atoms with van der Waals surface area (Å²) in [5, 5.41) is 6.98. The topological polar surface area (TPSA) is 56.3 Å². The van der Waals surface area contributed by atoms with E-state index in [-0.39, 0.29) is 0 Å². The summed E-state index contributed by atoms with van der Waals surface area (Å²) < 4.78 is 0. The molecule has 0 aliphatic carbocycles. The molecule has 1 aromatic carbocycles. The van der Waals surface area contributed by atoms with Crippen LogP contribution in [0.15, 0.2) is 42.7 Å². The molecule has 2 N–H and O–H groups in total. The van der Waals surface area contributed by atoms with Crippen molar-refractivity contribution in [3.63, 3.8) is 0 Å². The summed E-state index contributed by atoms with van der Waals surface area (Å²) in [5.74, 6) is 2.21. The number of unbranched alkanes of at least 4 members (excludes halogenated alkanes) is 1. The van der Waals surface area contributed by atoms with E-state index >= 15 is 0 Å². The van der Waals surface area contributed by atoms with Crippen LogP contribution in [0, 0.1) is 5.92 Å². The number of hydrogen-bond acceptors (Lipinski definition) is 6. The first kappa shape index (κ1) is 25.5. The van der Waals surface area contributed by atoms with Crippen molar-refractivity contribution >= 4 is 17.5 Å². The van der Waals surface area contributed by atoms with Crippen molar-refractivity contribution in [2.24, 2.45) is 5.92 Å². The molecule has 0 atom stereocenters. The molecular formula is C29H44N6. The number of anilines is 3. The number of aryl methyl sites for hydroxylation is 2. The number of likely N-dealkylation sites (tertiary alicyclic amines) is 2. The van der Waals surface area contributed by atoms with Crippen molar-refractivity contribution in [3.8, 4) is 0 Å². The van der Waals surface area contributed by atoms with Gasteiger partial charge >= 0.3 is 0 Å². The third kappa shape index (κ3) is 7.69. The minimum atomic E-state index is 0.649. The van der Waals surface area contributed by atoms with E-state index in [1.54, 1.807) is 0 Å². The summed E-state index contributed by atoms with van der Waals surface area (Å²) in [6.45, 7) is 15.4. The number of piperidine rings is 1. The molecule has 35 heavy (non-hydrogen) atoms. The number of benzene rings is 1. The second-order valence-electron chi connectivity index (χ2n) is 10.3. The Labute approximate surface area is 212 Å². The van der Waals surface area contributed by atoms with Crippen molar-refractivity contribution in [1.29, 1.82) is 0 Å². The number of nitrogens with zero attached hydrogens (tertiary/aromatic N) is 4. The van der Waals surface area contributed by atoms with E-state index in [1.807, 2.05) is 12.3 Å². The van der Waals surface area contributed by atoms with Crippen LogP contribution in [0.5, 0.6) is 0 Å². The van der Waals surface area contributed by atoms with Crippen LogP contribution in [0.3, 0.4) is 0 Å². The van der Waals surface area contributed by atoms with E-state index in [9.17, 15) is 0 Å². The summed E-state index contributed by atoms with van der Waals surface area (Å²) in [7, 11) is 0. The fourth-order valence-electron chi connectivity index (χ4n) is 5.35. The van der Waals surface area contributed by atoms with Gasteiger partial charge in [-0.15, -0.1) is 0 Å². The van der Waals surface area contributed by atoms with Crippen LogP contribution in [0.1, 0.15) is 63.5 Å². The average molecular weight is 477 g/mol. The smallest absolute Gasteiger partial charge is 0.229 e. The highest BCUT2D eigenvalue weighted by Crippen LogP contribution is 2.23. The number of allylic oxidation sites excluding steroid dienone is 1. The molecule has 2 fully saturated rings. The normalized spacial score (nSPS) is 17.0. The minimum absolute atomic E-state index is 0.649. The Morgan fingerprint density at radius 3 is 2.60 bits per heavy atom. The fourth-order valence-corrected chi connectivity index (χ4v) is 5.35. The van der Waals surface area contributed by atoms with Gasteiger partial charge in [-0.2, -0.15) is 4.98 Å². The molecule has 3 heterocycles. The molecule has 190 valence electrons. The van der Waals surface area contributed by atoms with Gasteiger partial charge in [-0.25, -0.2) is 4.98 Å². The van der Waals surface area contributed by atoms with Crippen molar-refractivity contribution in [1.82, 2.24) is 19.8 Å². The second-order valence-corrected chi connectivity index (χ2v) is 10.3. The van der Waals surface area contributed by atoms with Crippen molar-refractivity contribution < 1.29 is 0 Å². The Morgan fingerprint density at radius 1 is 1.06 bits per heavy atom. The maximum absolute atomic E-state index is 4.72. The standard InChI is InChI=1S/C29H44N6/c1-4-25-10-11-27(21-26(25)9-5-6-16-34-17-7-8-18-34)32-29-30-15-12-28(33-29)31-22-24-13-19-35(20-14-24)23(2)3/h10-12,15,21,24H,2,4-9,13-14,16-20,22H2,1,3H3,(H2,30,31,32,33). The molecule has 6 heteroatoms. The van der Waals surface area contributed by atoms with Gasteiger partial charge in [-0.1, -0.05) is 19.6 Å². The van der Waals surface area contributed by atoms with Gasteiger partial charge < -0.3 is 20.4 Å². The summed E-state index contributed by atoms with van der Waals surface area (Å²) in [6.07, 6.45) is 11.7. The van der Waals surface area contributed by atoms with E-state index in [2.05, 4.69) is 64.0 Å². The number of aromatic nitrogens is 2. The second kappa shape index (κ2) is 12.9. The molecule has 4 rings (SSSR count). The lowest BCUT2D eigenvalue weighted by molar-refractivity contribution is 0.234. The molecule has 0 spiro atoms. The monoisotopic (exact) mass is 476 g/mol. The Balaban J connectivity index is 1.28. The van der Waals surface area contributed by atoms with Gasteiger partial charge in [0.05, 0.1) is 0 Å². The third-order valence-corrected chi connectivity index (χ3v) is 7.59. The van der Waals surface area contributed by atoms with E-state index in [0.717, 1.165) is 44.0 Å². The zero-order chi connectivity index (χ0) is 24.5. The fraction of sp³-hybridized carbons (Fsp3) is 0.586. The van der Waals surface area contributed by atoms with Crippen LogP contribution in [0.2, 0.25) is 0 Å². The van der Waals surface area contributed by atoms with Crippen LogP contribution >= 0.6 is 0 Å². The van der Waals surface area contributed by atoms with E-state index in [1.165, 1.54) is 75.0 Å². The SMILES string of the molecule is C=C(C)N1CCC(CNc2ccnc(Nc3ccc(CC)c(CCCCN4CCCC4)c3)n2)CC1. The van der Waals surface area contributed by atoms with E-state index in [4.69, 9.17) is 4.98 Å². The largest absolute Gasteiger partial charge is 0.376 e. The quantitative estimate of drug-likeness (QED) is 0.374. The van der Waals surface area contributed by atoms with Gasteiger partial charge in [-0.05, 0) is 113 Å². The molecule has 2 aliphatic heterocycles. The Kier molecular flexibility index (Phi) is 9.41. The first-order valence-electron chi connectivity index (χ1n) is 13.7. The molecule has 0 saturated carbocycles. The Hall–Kier alpha value is -2.60. The third-order valence-electron chi connectivity index (χ3n) is 7.59.